The Kier molecular flexibility index (Phi) is 5.79. The Morgan fingerprint density at radius 2 is 1.71 bits per heavy atom. The second kappa shape index (κ2) is 8.26. The number of rotatable bonds is 5. The number of hydrogen-bond acceptors (Lipinski definition) is 5. The molecule has 144 valence electrons. The maximum absolute atomic E-state index is 13.6. The molecule has 3 rings (SSSR count). The molecule has 0 aliphatic heterocycles. The van der Waals surface area contributed by atoms with Crippen LogP contribution in [0.5, 0.6) is 0 Å². The molecular weight excluding hydrogens is 386 g/mol. The van der Waals surface area contributed by atoms with Crippen molar-refractivity contribution in [3.05, 3.63) is 70.7 Å². The van der Waals surface area contributed by atoms with Gasteiger partial charge in [0.2, 0.25) is 0 Å². The van der Waals surface area contributed by atoms with Gasteiger partial charge in [0.1, 0.15) is 27.2 Å². The van der Waals surface area contributed by atoms with Crippen LogP contribution < -0.4 is 5.32 Å². The molecule has 28 heavy (non-hydrogen) atoms. The molecule has 2 aromatic carbocycles. The summed E-state index contributed by atoms with van der Waals surface area (Å²) in [6.07, 6.45) is -1.26. The summed E-state index contributed by atoms with van der Waals surface area (Å²) in [5, 5.41) is 2.75. The first-order chi connectivity index (χ1) is 13.4. The number of ether oxygens (including phenoxy) is 1. The van der Waals surface area contributed by atoms with Gasteiger partial charge in [0.25, 0.3) is 5.91 Å². The van der Waals surface area contributed by atoms with Gasteiger partial charge in [-0.3, -0.25) is 4.79 Å². The zero-order chi connectivity index (χ0) is 20.3. The van der Waals surface area contributed by atoms with Crippen LogP contribution in [0.25, 0.3) is 10.6 Å². The first-order valence-corrected chi connectivity index (χ1v) is 9.17. The molecule has 8 heteroatoms. The lowest BCUT2D eigenvalue weighted by Crippen LogP contribution is -2.30. The highest BCUT2D eigenvalue weighted by Gasteiger charge is 2.24. The van der Waals surface area contributed by atoms with Crippen molar-refractivity contribution in [3.8, 4) is 10.6 Å². The largest absolute Gasteiger partial charge is 0.448 e. The zero-order valence-electron chi connectivity index (χ0n) is 15.0. The quantitative estimate of drug-likeness (QED) is 0.635. The highest BCUT2D eigenvalue weighted by Crippen LogP contribution is 2.28. The monoisotopic (exact) mass is 402 g/mol. The van der Waals surface area contributed by atoms with E-state index in [9.17, 15) is 18.4 Å². The number of benzene rings is 2. The van der Waals surface area contributed by atoms with Crippen LogP contribution in [0.3, 0.4) is 0 Å². The predicted molar refractivity (Wildman–Crippen MR) is 102 cm³/mol. The number of aromatic nitrogens is 1. The van der Waals surface area contributed by atoms with E-state index >= 15 is 0 Å². The summed E-state index contributed by atoms with van der Waals surface area (Å²) in [4.78, 5) is 29.2. The molecule has 0 radical (unpaired) electrons. The molecule has 1 aromatic heterocycles. The lowest BCUT2D eigenvalue weighted by atomic mass is 10.2. The summed E-state index contributed by atoms with van der Waals surface area (Å²) in [5.74, 6) is -3.41. The molecule has 0 aliphatic rings. The van der Waals surface area contributed by atoms with Gasteiger partial charge in [-0.15, -0.1) is 11.3 Å². The van der Waals surface area contributed by atoms with Crippen LogP contribution in [0, 0.1) is 18.6 Å². The van der Waals surface area contributed by atoms with Crippen LogP contribution in [0.15, 0.2) is 48.5 Å². The third kappa shape index (κ3) is 4.23. The second-order valence-electron chi connectivity index (χ2n) is 5.93. The number of thiazole rings is 1. The van der Waals surface area contributed by atoms with E-state index in [1.54, 1.807) is 6.92 Å². The van der Waals surface area contributed by atoms with Gasteiger partial charge in [-0.25, -0.2) is 18.6 Å². The molecule has 5 nitrogen and oxygen atoms in total. The summed E-state index contributed by atoms with van der Waals surface area (Å²) in [6.45, 7) is 2.99. The van der Waals surface area contributed by atoms with E-state index in [0.29, 0.717) is 10.7 Å². The van der Waals surface area contributed by atoms with Crippen molar-refractivity contribution in [1.29, 1.82) is 0 Å². The van der Waals surface area contributed by atoms with Crippen molar-refractivity contribution >= 4 is 28.9 Å². The Balaban J connectivity index is 1.71. The first kappa shape index (κ1) is 19.6. The fourth-order valence-electron chi connectivity index (χ4n) is 2.40. The number of amides is 1. The number of halogens is 2. The predicted octanol–water partition coefficient (Wildman–Crippen LogP) is 4.58. The second-order valence-corrected chi connectivity index (χ2v) is 6.93. The number of nitrogens with one attached hydrogen (secondary N) is 1. The lowest BCUT2D eigenvalue weighted by Gasteiger charge is -2.14. The summed E-state index contributed by atoms with van der Waals surface area (Å²) in [7, 11) is 0. The molecule has 0 saturated heterocycles. The SMILES string of the molecule is Cc1nc(-c2ccccc2)sc1C(=O)O[C@@H](C)C(=O)Nc1c(F)cccc1F. The van der Waals surface area contributed by atoms with Gasteiger partial charge in [-0.2, -0.15) is 0 Å². The average Bonchev–Trinajstić information content (AvgIpc) is 3.07. The lowest BCUT2D eigenvalue weighted by molar-refractivity contribution is -0.123. The highest BCUT2D eigenvalue weighted by molar-refractivity contribution is 7.17. The number of aryl methyl sites for hydroxylation is 1. The molecular formula is C20H16F2N2O3S. The van der Waals surface area contributed by atoms with Crippen molar-refractivity contribution in [1.82, 2.24) is 4.98 Å². The Morgan fingerprint density at radius 3 is 2.36 bits per heavy atom. The number of carbonyl (C=O) groups is 2. The minimum absolute atomic E-state index is 0.260. The molecule has 1 heterocycles. The maximum Gasteiger partial charge on any atom is 0.351 e. The summed E-state index contributed by atoms with van der Waals surface area (Å²) >= 11 is 1.15. The molecule has 0 bridgehead atoms. The molecule has 3 aromatic rings. The van der Waals surface area contributed by atoms with Crippen molar-refractivity contribution in [3.63, 3.8) is 0 Å². The van der Waals surface area contributed by atoms with E-state index in [4.69, 9.17) is 4.74 Å². The van der Waals surface area contributed by atoms with Crippen molar-refractivity contribution in [2.24, 2.45) is 0 Å². The van der Waals surface area contributed by atoms with Gasteiger partial charge in [0.15, 0.2) is 6.10 Å². The van der Waals surface area contributed by atoms with Gasteiger partial charge >= 0.3 is 5.97 Å². The molecule has 1 amide bonds. The summed E-state index contributed by atoms with van der Waals surface area (Å²) in [5.41, 5.74) is 0.743. The van der Waals surface area contributed by atoms with Crippen LogP contribution in [-0.2, 0) is 9.53 Å². The average molecular weight is 402 g/mol. The van der Waals surface area contributed by atoms with Crippen LogP contribution in [-0.4, -0.2) is 23.0 Å². The molecule has 0 fully saturated rings. The third-order valence-electron chi connectivity index (χ3n) is 3.87. The molecule has 0 aliphatic carbocycles. The zero-order valence-corrected chi connectivity index (χ0v) is 15.8. The Bertz CT molecular complexity index is 1000. The number of esters is 1. The van der Waals surface area contributed by atoms with Crippen LogP contribution in [0.4, 0.5) is 14.5 Å². The minimum Gasteiger partial charge on any atom is -0.448 e. The highest BCUT2D eigenvalue weighted by atomic mass is 32.1. The van der Waals surface area contributed by atoms with Gasteiger partial charge in [-0.05, 0) is 26.0 Å². The molecule has 0 spiro atoms. The minimum atomic E-state index is -1.26. The van der Waals surface area contributed by atoms with Gasteiger partial charge in [0.05, 0.1) is 5.69 Å². The molecule has 0 unspecified atom stereocenters. The van der Waals surface area contributed by atoms with Gasteiger partial charge in [-0.1, -0.05) is 36.4 Å². The normalized spacial score (nSPS) is 11.7. The van der Waals surface area contributed by atoms with Gasteiger partial charge < -0.3 is 10.1 Å². The van der Waals surface area contributed by atoms with Crippen molar-refractivity contribution < 1.29 is 23.1 Å². The summed E-state index contributed by atoms with van der Waals surface area (Å²) in [6, 6.07) is 12.5. The fraction of sp³-hybridized carbons (Fsp3) is 0.150. The maximum atomic E-state index is 13.6. The standard InChI is InChI=1S/C20H16F2N2O3S/c1-11-17(28-19(23-11)13-7-4-3-5-8-13)20(26)27-12(2)18(25)24-16-14(21)9-6-10-15(16)22/h3-10,12H,1-2H3,(H,24,25)/t12-/m0/s1. The fourth-order valence-corrected chi connectivity index (χ4v) is 3.35. The number of carbonyl (C=O) groups excluding carboxylic acids is 2. The number of anilines is 1. The number of nitrogens with zero attached hydrogens (tertiary/aromatic N) is 1. The smallest absolute Gasteiger partial charge is 0.351 e. The van der Waals surface area contributed by atoms with Crippen LogP contribution >= 0.6 is 11.3 Å². The van der Waals surface area contributed by atoms with Crippen molar-refractivity contribution in [2.45, 2.75) is 20.0 Å². The van der Waals surface area contributed by atoms with E-state index in [1.807, 2.05) is 30.3 Å². The van der Waals surface area contributed by atoms with E-state index in [-0.39, 0.29) is 4.88 Å². The Labute approximate surface area is 164 Å². The van der Waals surface area contributed by atoms with E-state index in [0.717, 1.165) is 29.0 Å². The van der Waals surface area contributed by atoms with Crippen LogP contribution in [0.1, 0.15) is 22.3 Å². The third-order valence-corrected chi connectivity index (χ3v) is 5.05. The van der Waals surface area contributed by atoms with E-state index < -0.39 is 35.3 Å². The Morgan fingerprint density at radius 1 is 1.07 bits per heavy atom. The molecule has 0 saturated carbocycles. The number of para-hydroxylation sites is 1. The number of hydrogen-bond donors (Lipinski definition) is 1. The first-order valence-electron chi connectivity index (χ1n) is 8.35. The van der Waals surface area contributed by atoms with Crippen LogP contribution in [0.2, 0.25) is 0 Å². The van der Waals surface area contributed by atoms with Gasteiger partial charge in [0, 0.05) is 5.56 Å². The van der Waals surface area contributed by atoms with E-state index in [2.05, 4.69) is 10.3 Å². The molecule has 1 atom stereocenters. The van der Waals surface area contributed by atoms with Crippen molar-refractivity contribution in [2.75, 3.05) is 5.32 Å². The van der Waals surface area contributed by atoms with E-state index in [1.165, 1.54) is 13.0 Å². The Hall–Kier alpha value is -3.13. The molecule has 1 N–H and O–H groups in total. The topological polar surface area (TPSA) is 68.3 Å². The summed E-state index contributed by atoms with van der Waals surface area (Å²) < 4.78 is 32.5.